The van der Waals surface area contributed by atoms with Gasteiger partial charge in [-0.3, -0.25) is 4.72 Å². The number of hydrogen-bond acceptors (Lipinski definition) is 4. The van der Waals surface area contributed by atoms with Crippen LogP contribution in [0.4, 0.5) is 18.9 Å². The summed E-state index contributed by atoms with van der Waals surface area (Å²) in [5.74, 6) is 0.255. The topological polar surface area (TPSA) is 64.6 Å². The number of rotatable bonds is 5. The van der Waals surface area contributed by atoms with Gasteiger partial charge in [0.2, 0.25) is 0 Å². The highest BCUT2D eigenvalue weighted by atomic mass is 35.5. The van der Waals surface area contributed by atoms with E-state index < -0.39 is 26.7 Å². The Labute approximate surface area is 147 Å². The van der Waals surface area contributed by atoms with Crippen LogP contribution < -0.4 is 14.2 Å². The zero-order valence-electron chi connectivity index (χ0n) is 13.0. The third-order valence-corrected chi connectivity index (χ3v) is 4.85. The van der Waals surface area contributed by atoms with Crippen molar-refractivity contribution in [2.45, 2.75) is 11.1 Å². The quantitative estimate of drug-likeness (QED) is 0.825. The second-order valence-corrected chi connectivity index (χ2v) is 6.91. The molecule has 0 heterocycles. The first kappa shape index (κ1) is 19.2. The fourth-order valence-electron chi connectivity index (χ4n) is 1.98. The average Bonchev–Trinajstić information content (AvgIpc) is 2.55. The zero-order valence-corrected chi connectivity index (χ0v) is 14.6. The minimum atomic E-state index is -4.66. The Morgan fingerprint density at radius 3 is 2.24 bits per heavy atom. The summed E-state index contributed by atoms with van der Waals surface area (Å²) in [6.45, 7) is 0. The van der Waals surface area contributed by atoms with Crippen molar-refractivity contribution >= 4 is 27.3 Å². The maximum Gasteiger partial charge on any atom is 0.416 e. The molecular formula is C15H13ClF3NO4S. The largest absolute Gasteiger partial charge is 0.495 e. The summed E-state index contributed by atoms with van der Waals surface area (Å²) >= 11 is 5.93. The Balaban J connectivity index is 2.46. The molecule has 0 aliphatic carbocycles. The zero-order chi connectivity index (χ0) is 18.8. The van der Waals surface area contributed by atoms with Gasteiger partial charge in [-0.05, 0) is 18.2 Å². The number of benzene rings is 2. The van der Waals surface area contributed by atoms with Crippen LogP contribution in [-0.2, 0) is 16.2 Å². The maximum atomic E-state index is 12.8. The van der Waals surface area contributed by atoms with Gasteiger partial charge in [0.25, 0.3) is 10.0 Å². The van der Waals surface area contributed by atoms with Crippen LogP contribution in [0.25, 0.3) is 0 Å². The number of sulfonamides is 1. The molecule has 0 fully saturated rings. The van der Waals surface area contributed by atoms with Crippen molar-refractivity contribution in [2.24, 2.45) is 0 Å². The van der Waals surface area contributed by atoms with Gasteiger partial charge in [0.05, 0.1) is 35.4 Å². The van der Waals surface area contributed by atoms with Gasteiger partial charge in [0.1, 0.15) is 11.5 Å². The Bertz CT molecular complexity index is 885. The van der Waals surface area contributed by atoms with Crippen LogP contribution in [0.5, 0.6) is 11.5 Å². The third-order valence-electron chi connectivity index (χ3n) is 3.19. The van der Waals surface area contributed by atoms with E-state index in [4.69, 9.17) is 21.1 Å². The summed E-state index contributed by atoms with van der Waals surface area (Å²) in [6.07, 6.45) is -4.66. The molecule has 5 nitrogen and oxygen atoms in total. The number of methoxy groups -OCH3 is 2. The van der Waals surface area contributed by atoms with Gasteiger partial charge in [0, 0.05) is 12.1 Å². The van der Waals surface area contributed by atoms with Crippen molar-refractivity contribution in [2.75, 3.05) is 18.9 Å². The van der Waals surface area contributed by atoms with E-state index >= 15 is 0 Å². The van der Waals surface area contributed by atoms with Gasteiger partial charge in [-0.25, -0.2) is 8.42 Å². The number of halogens is 4. The Hall–Kier alpha value is -2.13. The molecule has 0 aliphatic rings. The van der Waals surface area contributed by atoms with E-state index in [1.54, 1.807) is 0 Å². The molecule has 0 atom stereocenters. The van der Waals surface area contributed by atoms with Crippen LogP contribution in [0.2, 0.25) is 5.02 Å². The van der Waals surface area contributed by atoms with E-state index in [-0.39, 0.29) is 22.2 Å². The van der Waals surface area contributed by atoms with Gasteiger partial charge in [-0.1, -0.05) is 17.7 Å². The summed E-state index contributed by atoms with van der Waals surface area (Å²) < 4.78 is 75.4. The lowest BCUT2D eigenvalue weighted by Gasteiger charge is -2.15. The second kappa shape index (κ2) is 7.01. The fraction of sp³-hybridized carbons (Fsp3) is 0.200. The van der Waals surface area contributed by atoms with Crippen molar-refractivity contribution in [3.05, 3.63) is 47.0 Å². The monoisotopic (exact) mass is 395 g/mol. The van der Waals surface area contributed by atoms with Crippen LogP contribution in [-0.4, -0.2) is 22.6 Å². The van der Waals surface area contributed by atoms with Crippen molar-refractivity contribution in [1.29, 1.82) is 0 Å². The molecule has 0 saturated heterocycles. The lowest BCUT2D eigenvalue weighted by molar-refractivity contribution is -0.137. The predicted molar refractivity (Wildman–Crippen MR) is 86.8 cm³/mol. The smallest absolute Gasteiger partial charge is 0.416 e. The van der Waals surface area contributed by atoms with E-state index in [9.17, 15) is 21.6 Å². The van der Waals surface area contributed by atoms with Crippen molar-refractivity contribution in [3.8, 4) is 11.5 Å². The van der Waals surface area contributed by atoms with E-state index in [1.807, 2.05) is 0 Å². The molecule has 2 aromatic carbocycles. The van der Waals surface area contributed by atoms with Gasteiger partial charge in [0.15, 0.2) is 0 Å². The summed E-state index contributed by atoms with van der Waals surface area (Å²) in [6, 6.07) is 5.98. The van der Waals surface area contributed by atoms with Crippen LogP contribution >= 0.6 is 11.6 Å². The highest BCUT2D eigenvalue weighted by molar-refractivity contribution is 7.92. The number of hydrogen-bond donors (Lipinski definition) is 1. The fourth-order valence-corrected chi connectivity index (χ4v) is 3.32. The first-order valence-corrected chi connectivity index (χ1v) is 8.56. The van der Waals surface area contributed by atoms with Gasteiger partial charge >= 0.3 is 6.18 Å². The van der Waals surface area contributed by atoms with Crippen molar-refractivity contribution < 1.29 is 31.1 Å². The summed E-state index contributed by atoms with van der Waals surface area (Å²) in [5, 5.41) is 0.182. The third kappa shape index (κ3) is 4.29. The SMILES string of the molecule is COc1cc(NS(=O)(=O)c2cccc(C(F)(F)F)c2)c(OC)cc1Cl. The molecule has 25 heavy (non-hydrogen) atoms. The lowest BCUT2D eigenvalue weighted by atomic mass is 10.2. The molecule has 0 saturated carbocycles. The van der Waals surface area contributed by atoms with Crippen LogP contribution in [0.3, 0.4) is 0 Å². The molecule has 0 spiro atoms. The number of ether oxygens (including phenoxy) is 2. The van der Waals surface area contributed by atoms with Gasteiger partial charge in [-0.2, -0.15) is 13.2 Å². The van der Waals surface area contributed by atoms with Crippen LogP contribution in [0, 0.1) is 0 Å². The molecule has 0 aliphatic heterocycles. The summed E-state index contributed by atoms with van der Waals surface area (Å²) in [5.41, 5.74) is -1.10. The van der Waals surface area contributed by atoms with Gasteiger partial charge in [-0.15, -0.1) is 0 Å². The molecule has 0 unspecified atom stereocenters. The van der Waals surface area contributed by atoms with E-state index in [0.29, 0.717) is 6.07 Å². The first-order valence-electron chi connectivity index (χ1n) is 6.70. The van der Waals surface area contributed by atoms with Crippen LogP contribution in [0.1, 0.15) is 5.56 Å². The molecule has 0 bridgehead atoms. The maximum absolute atomic E-state index is 12.8. The van der Waals surface area contributed by atoms with Crippen LogP contribution in [0.15, 0.2) is 41.3 Å². The Kier molecular flexibility index (Phi) is 5.38. The predicted octanol–water partition coefficient (Wildman–Crippen LogP) is 4.18. The highest BCUT2D eigenvalue weighted by Gasteiger charge is 2.31. The number of anilines is 1. The molecule has 0 radical (unpaired) electrons. The normalized spacial score (nSPS) is 11.9. The molecule has 2 aromatic rings. The molecule has 0 aromatic heterocycles. The van der Waals surface area contributed by atoms with E-state index in [2.05, 4.69) is 4.72 Å². The minimum Gasteiger partial charge on any atom is -0.495 e. The molecule has 1 N–H and O–H groups in total. The Morgan fingerprint density at radius 1 is 1.04 bits per heavy atom. The average molecular weight is 396 g/mol. The van der Waals surface area contributed by atoms with E-state index in [0.717, 1.165) is 18.2 Å². The van der Waals surface area contributed by atoms with Crippen molar-refractivity contribution in [3.63, 3.8) is 0 Å². The molecule has 136 valence electrons. The molecule has 2 rings (SSSR count). The Morgan fingerprint density at radius 2 is 1.68 bits per heavy atom. The molecule has 0 amide bonds. The van der Waals surface area contributed by atoms with E-state index in [1.165, 1.54) is 26.4 Å². The lowest BCUT2D eigenvalue weighted by Crippen LogP contribution is -2.15. The minimum absolute atomic E-state index is 0.0267. The highest BCUT2D eigenvalue weighted by Crippen LogP contribution is 2.37. The second-order valence-electron chi connectivity index (χ2n) is 4.82. The number of alkyl halides is 3. The summed E-state index contributed by atoms with van der Waals surface area (Å²) in [7, 11) is -1.67. The van der Waals surface area contributed by atoms with Crippen molar-refractivity contribution in [1.82, 2.24) is 0 Å². The first-order chi connectivity index (χ1) is 11.6. The number of nitrogens with one attached hydrogen (secondary N) is 1. The summed E-state index contributed by atoms with van der Waals surface area (Å²) in [4.78, 5) is -0.543. The molecule has 10 heteroatoms. The molecular weight excluding hydrogens is 383 g/mol. The van der Waals surface area contributed by atoms with Gasteiger partial charge < -0.3 is 9.47 Å². The standard InChI is InChI=1S/C15H13ClF3NO4S/c1-23-13-8-12(14(24-2)7-11(13)16)20-25(21,22)10-5-3-4-9(6-10)15(17,18)19/h3-8,20H,1-2H3.